The Kier molecular flexibility index (Phi) is 3.81. The van der Waals surface area contributed by atoms with Gasteiger partial charge >= 0.3 is 0 Å². The molecule has 0 spiro atoms. The first-order valence-electron chi connectivity index (χ1n) is 8.72. The van der Waals surface area contributed by atoms with Crippen molar-refractivity contribution in [2.75, 3.05) is 7.11 Å². The minimum absolute atomic E-state index is 0.0555. The topological polar surface area (TPSA) is 62.0 Å². The van der Waals surface area contributed by atoms with Crippen molar-refractivity contribution in [1.82, 2.24) is 0 Å². The third kappa shape index (κ3) is 2.05. The molecule has 3 aliphatic rings. The SMILES string of the molecule is COc1ccc2c(c1)CCC1C2CCC2(C)C(=NO)C(Cl)C(O)C12. The Hall–Kier alpha value is -1.26. The summed E-state index contributed by atoms with van der Waals surface area (Å²) in [5, 5.41) is 23.1. The van der Waals surface area contributed by atoms with Gasteiger partial charge in [-0.25, -0.2) is 0 Å². The molecule has 3 aliphatic carbocycles. The first kappa shape index (κ1) is 16.2. The van der Waals surface area contributed by atoms with Gasteiger partial charge in [-0.15, -0.1) is 11.6 Å². The Morgan fingerprint density at radius 1 is 1.33 bits per heavy atom. The predicted octanol–water partition coefficient (Wildman–Crippen LogP) is 3.57. The van der Waals surface area contributed by atoms with Crippen molar-refractivity contribution < 1.29 is 15.1 Å². The molecule has 0 bridgehead atoms. The van der Waals surface area contributed by atoms with Crippen LogP contribution in [0.3, 0.4) is 0 Å². The number of aliphatic hydroxyl groups excluding tert-OH is 1. The van der Waals surface area contributed by atoms with Crippen molar-refractivity contribution in [2.24, 2.45) is 22.4 Å². The van der Waals surface area contributed by atoms with Gasteiger partial charge in [-0.3, -0.25) is 0 Å². The average molecular weight is 350 g/mol. The smallest absolute Gasteiger partial charge is 0.119 e. The second kappa shape index (κ2) is 5.63. The zero-order chi connectivity index (χ0) is 17.1. The quantitative estimate of drug-likeness (QED) is 0.463. The van der Waals surface area contributed by atoms with Gasteiger partial charge in [0.2, 0.25) is 0 Å². The molecule has 6 atom stereocenters. The predicted molar refractivity (Wildman–Crippen MR) is 93.2 cm³/mol. The lowest BCUT2D eigenvalue weighted by Crippen LogP contribution is -2.45. The van der Waals surface area contributed by atoms with Crippen LogP contribution in [-0.2, 0) is 6.42 Å². The summed E-state index contributed by atoms with van der Waals surface area (Å²) in [6.07, 6.45) is 3.31. The number of halogens is 1. The largest absolute Gasteiger partial charge is 0.497 e. The minimum atomic E-state index is -0.643. The van der Waals surface area contributed by atoms with E-state index in [-0.39, 0.29) is 11.3 Å². The van der Waals surface area contributed by atoms with E-state index in [2.05, 4.69) is 24.2 Å². The van der Waals surface area contributed by atoms with Crippen LogP contribution in [0.2, 0.25) is 0 Å². The Bertz CT molecular complexity index is 691. The Balaban J connectivity index is 1.74. The number of methoxy groups -OCH3 is 1. The third-order valence-electron chi connectivity index (χ3n) is 6.81. The summed E-state index contributed by atoms with van der Waals surface area (Å²) in [4.78, 5) is 0. The van der Waals surface area contributed by atoms with Gasteiger partial charge in [0.05, 0.1) is 18.9 Å². The molecule has 1 aromatic carbocycles. The Morgan fingerprint density at radius 3 is 2.83 bits per heavy atom. The Labute approximate surface area is 147 Å². The van der Waals surface area contributed by atoms with Gasteiger partial charge in [0.1, 0.15) is 11.1 Å². The van der Waals surface area contributed by atoms with E-state index in [1.165, 1.54) is 11.1 Å². The lowest BCUT2D eigenvalue weighted by Gasteiger charge is -2.49. The highest BCUT2D eigenvalue weighted by Gasteiger charge is 2.61. The number of rotatable bonds is 1. The third-order valence-corrected chi connectivity index (χ3v) is 7.27. The maximum absolute atomic E-state index is 10.8. The highest BCUT2D eigenvalue weighted by atomic mass is 35.5. The lowest BCUT2D eigenvalue weighted by molar-refractivity contribution is 0.00325. The van der Waals surface area contributed by atoms with Gasteiger partial charge in [-0.1, -0.05) is 18.1 Å². The highest BCUT2D eigenvalue weighted by molar-refractivity contribution is 6.34. The van der Waals surface area contributed by atoms with Crippen LogP contribution in [0.15, 0.2) is 23.4 Å². The molecule has 5 heteroatoms. The monoisotopic (exact) mass is 349 g/mol. The number of aliphatic hydroxyl groups is 1. The molecule has 2 saturated carbocycles. The number of aryl methyl sites for hydroxylation is 1. The molecule has 0 heterocycles. The molecule has 4 rings (SSSR count). The zero-order valence-corrected chi connectivity index (χ0v) is 14.8. The molecule has 2 N–H and O–H groups in total. The normalized spacial score (nSPS) is 42.3. The first-order chi connectivity index (χ1) is 11.5. The fraction of sp³-hybridized carbons (Fsp3) is 0.632. The van der Waals surface area contributed by atoms with Crippen LogP contribution in [0, 0.1) is 17.3 Å². The minimum Gasteiger partial charge on any atom is -0.497 e. The molecule has 130 valence electrons. The second-order valence-electron chi connectivity index (χ2n) is 7.73. The molecule has 0 saturated heterocycles. The van der Waals surface area contributed by atoms with Crippen LogP contribution in [0.5, 0.6) is 5.75 Å². The summed E-state index contributed by atoms with van der Waals surface area (Å²) in [7, 11) is 1.70. The van der Waals surface area contributed by atoms with Crippen molar-refractivity contribution in [1.29, 1.82) is 0 Å². The van der Waals surface area contributed by atoms with Crippen LogP contribution in [0.1, 0.15) is 43.2 Å². The summed E-state index contributed by atoms with van der Waals surface area (Å²) in [6, 6.07) is 6.37. The maximum Gasteiger partial charge on any atom is 0.119 e. The summed E-state index contributed by atoms with van der Waals surface area (Å²) < 4.78 is 5.36. The van der Waals surface area contributed by atoms with Crippen molar-refractivity contribution in [3.8, 4) is 5.75 Å². The number of hydrogen-bond donors (Lipinski definition) is 2. The fourth-order valence-electron chi connectivity index (χ4n) is 5.69. The van der Waals surface area contributed by atoms with E-state index in [4.69, 9.17) is 16.3 Å². The van der Waals surface area contributed by atoms with Gasteiger partial charge in [0, 0.05) is 11.3 Å². The number of benzene rings is 1. The molecule has 1 aromatic rings. The Morgan fingerprint density at radius 2 is 2.12 bits per heavy atom. The fourth-order valence-corrected chi connectivity index (χ4v) is 6.14. The zero-order valence-electron chi connectivity index (χ0n) is 14.1. The molecule has 6 unspecified atom stereocenters. The van der Waals surface area contributed by atoms with Crippen LogP contribution >= 0.6 is 11.6 Å². The van der Waals surface area contributed by atoms with E-state index in [1.54, 1.807) is 7.11 Å². The average Bonchev–Trinajstić information content (AvgIpc) is 2.79. The molecule has 4 nitrogen and oxygen atoms in total. The number of ether oxygens (including phenoxy) is 1. The molecule has 0 amide bonds. The first-order valence-corrected chi connectivity index (χ1v) is 9.16. The van der Waals surface area contributed by atoms with Crippen molar-refractivity contribution in [3.05, 3.63) is 29.3 Å². The van der Waals surface area contributed by atoms with Crippen molar-refractivity contribution in [2.45, 2.75) is 50.0 Å². The number of oxime groups is 1. The molecule has 2 fully saturated rings. The standard InChI is InChI=1S/C19H24ClNO3/c1-19-8-7-13-12-6-4-11(24-2)9-10(12)3-5-14(13)15(19)17(22)16(20)18(19)21-23/h4,6,9,13-17,22-23H,3,5,7-8H2,1-2H3. The number of fused-ring (bicyclic) bond motifs is 5. The van der Waals surface area contributed by atoms with Crippen molar-refractivity contribution in [3.63, 3.8) is 0 Å². The van der Waals surface area contributed by atoms with Crippen LogP contribution in [0.25, 0.3) is 0 Å². The highest BCUT2D eigenvalue weighted by Crippen LogP contribution is 2.60. The molecule has 0 radical (unpaired) electrons. The van der Waals surface area contributed by atoms with Gasteiger partial charge in [0.25, 0.3) is 0 Å². The van der Waals surface area contributed by atoms with Crippen LogP contribution in [-0.4, -0.2) is 34.6 Å². The summed E-state index contributed by atoms with van der Waals surface area (Å²) >= 11 is 6.41. The van der Waals surface area contributed by atoms with Gasteiger partial charge in [-0.2, -0.15) is 0 Å². The van der Waals surface area contributed by atoms with E-state index in [9.17, 15) is 10.3 Å². The second-order valence-corrected chi connectivity index (χ2v) is 8.20. The van der Waals surface area contributed by atoms with Gasteiger partial charge in [-0.05, 0) is 60.8 Å². The summed E-state index contributed by atoms with van der Waals surface area (Å²) in [5.41, 5.74) is 3.03. The van der Waals surface area contributed by atoms with Gasteiger partial charge in [0.15, 0.2) is 0 Å². The van der Waals surface area contributed by atoms with Gasteiger partial charge < -0.3 is 15.1 Å². The number of nitrogens with zero attached hydrogens (tertiary/aromatic N) is 1. The van der Waals surface area contributed by atoms with E-state index >= 15 is 0 Å². The van der Waals surface area contributed by atoms with Crippen LogP contribution < -0.4 is 4.74 Å². The number of hydrogen-bond acceptors (Lipinski definition) is 4. The van der Waals surface area contributed by atoms with E-state index in [1.807, 2.05) is 6.07 Å². The summed E-state index contributed by atoms with van der Waals surface area (Å²) in [6.45, 7) is 2.11. The molecule has 24 heavy (non-hydrogen) atoms. The van der Waals surface area contributed by atoms with Crippen molar-refractivity contribution >= 4 is 17.3 Å². The number of alkyl halides is 1. The van der Waals surface area contributed by atoms with E-state index in [0.717, 1.165) is 31.4 Å². The van der Waals surface area contributed by atoms with Crippen LogP contribution in [0.4, 0.5) is 0 Å². The maximum atomic E-state index is 10.8. The molecular formula is C19H24ClNO3. The lowest BCUT2D eigenvalue weighted by atomic mass is 9.55. The van der Waals surface area contributed by atoms with E-state index in [0.29, 0.717) is 17.5 Å². The molecule has 0 aliphatic heterocycles. The van der Waals surface area contributed by atoms with E-state index < -0.39 is 11.5 Å². The molecular weight excluding hydrogens is 326 g/mol. The summed E-state index contributed by atoms with van der Waals surface area (Å²) in [5.74, 6) is 1.78. The molecule has 0 aromatic heterocycles.